The lowest BCUT2D eigenvalue weighted by Gasteiger charge is -2.33. The number of nitrogens with one attached hydrogen (secondary N) is 1. The number of hydrogen-bond acceptors (Lipinski definition) is 8. The molecule has 1 N–H and O–H groups in total. The Balaban J connectivity index is 1.43. The van der Waals surface area contributed by atoms with Crippen molar-refractivity contribution in [1.82, 2.24) is 18.4 Å². The molecule has 4 rings (SSSR count). The first-order chi connectivity index (χ1) is 15.9. The molecule has 33 heavy (non-hydrogen) atoms. The lowest BCUT2D eigenvalue weighted by Crippen LogP contribution is -2.50. The standard InChI is InChI=1S/C22H30N4O5S2/c1-15(21(27)23-14-16-8-3-2-4-9-16)31-22(28)18-11-5-6-13-26(18)33(29,30)19-12-7-10-17-20(19)25-32-24-17/h7,10,12,15-16,18H,2-6,8-9,11,13-14H2,1H3,(H,23,27)/t15-,18-/m0/s1. The molecule has 1 saturated heterocycles. The third kappa shape index (κ3) is 5.36. The summed E-state index contributed by atoms with van der Waals surface area (Å²) in [4.78, 5) is 25.5. The number of carbonyl (C=O) groups is 2. The van der Waals surface area contributed by atoms with Gasteiger partial charge >= 0.3 is 5.97 Å². The largest absolute Gasteiger partial charge is 0.451 e. The lowest BCUT2D eigenvalue weighted by molar-refractivity contribution is -0.159. The van der Waals surface area contributed by atoms with Crippen LogP contribution in [0.15, 0.2) is 23.1 Å². The maximum absolute atomic E-state index is 13.5. The molecule has 1 aliphatic carbocycles. The van der Waals surface area contributed by atoms with Crippen molar-refractivity contribution >= 4 is 44.7 Å². The van der Waals surface area contributed by atoms with Crippen LogP contribution in [0.5, 0.6) is 0 Å². The van der Waals surface area contributed by atoms with Gasteiger partial charge in [0.15, 0.2) is 6.10 Å². The van der Waals surface area contributed by atoms with Crippen molar-refractivity contribution < 1.29 is 22.7 Å². The van der Waals surface area contributed by atoms with Crippen molar-refractivity contribution in [3.05, 3.63) is 18.2 Å². The van der Waals surface area contributed by atoms with E-state index < -0.39 is 28.1 Å². The average Bonchev–Trinajstić information content (AvgIpc) is 3.32. The zero-order chi connectivity index (χ0) is 23.4. The normalized spacial score (nSPS) is 21.5. The molecule has 1 aromatic carbocycles. The number of amides is 1. The van der Waals surface area contributed by atoms with E-state index in [1.807, 2.05) is 0 Å². The Hall–Kier alpha value is -2.11. The molecular formula is C22H30N4O5S2. The SMILES string of the molecule is C[C@H](OC(=O)[C@@H]1CCCCN1S(=O)(=O)c1cccc2nsnc12)C(=O)NCC1CCCCC1. The fourth-order valence-electron chi connectivity index (χ4n) is 4.63. The van der Waals surface area contributed by atoms with E-state index in [1.54, 1.807) is 12.1 Å². The number of hydrogen-bond donors (Lipinski definition) is 1. The molecule has 1 saturated carbocycles. The highest BCUT2D eigenvalue weighted by atomic mass is 32.2. The average molecular weight is 495 g/mol. The Morgan fingerprint density at radius 3 is 2.70 bits per heavy atom. The third-order valence-corrected chi connectivity index (χ3v) is 9.00. The number of benzene rings is 1. The van der Waals surface area contributed by atoms with Gasteiger partial charge in [0, 0.05) is 13.1 Å². The van der Waals surface area contributed by atoms with E-state index in [-0.39, 0.29) is 17.3 Å². The number of fused-ring (bicyclic) bond motifs is 1. The van der Waals surface area contributed by atoms with Crippen molar-refractivity contribution in [2.45, 2.75) is 75.3 Å². The second-order valence-electron chi connectivity index (χ2n) is 8.84. The molecule has 180 valence electrons. The van der Waals surface area contributed by atoms with Crippen molar-refractivity contribution in [3.63, 3.8) is 0 Å². The number of ether oxygens (including phenoxy) is 1. The highest BCUT2D eigenvalue weighted by molar-refractivity contribution is 7.89. The molecule has 0 spiro atoms. The predicted octanol–water partition coefficient (Wildman–Crippen LogP) is 2.86. The summed E-state index contributed by atoms with van der Waals surface area (Å²) in [6.45, 7) is 2.31. The summed E-state index contributed by atoms with van der Waals surface area (Å²) in [5.41, 5.74) is 0.802. The smallest absolute Gasteiger partial charge is 0.325 e. The van der Waals surface area contributed by atoms with E-state index in [1.165, 1.54) is 36.6 Å². The molecule has 1 amide bonds. The molecule has 2 heterocycles. The Morgan fingerprint density at radius 1 is 1.15 bits per heavy atom. The van der Waals surface area contributed by atoms with E-state index in [2.05, 4.69) is 14.1 Å². The predicted molar refractivity (Wildman–Crippen MR) is 124 cm³/mol. The molecule has 2 fully saturated rings. The highest BCUT2D eigenvalue weighted by Gasteiger charge is 2.40. The van der Waals surface area contributed by atoms with E-state index in [4.69, 9.17) is 4.74 Å². The van der Waals surface area contributed by atoms with E-state index in [0.717, 1.165) is 24.6 Å². The molecule has 0 bridgehead atoms. The van der Waals surface area contributed by atoms with Gasteiger partial charge in [0.2, 0.25) is 10.0 Å². The Kier molecular flexibility index (Phi) is 7.60. The Labute approximate surface area is 198 Å². The summed E-state index contributed by atoms with van der Waals surface area (Å²) in [7, 11) is -4.00. The van der Waals surface area contributed by atoms with E-state index >= 15 is 0 Å². The maximum Gasteiger partial charge on any atom is 0.325 e. The summed E-state index contributed by atoms with van der Waals surface area (Å²) in [5.74, 6) is -0.577. The van der Waals surface area contributed by atoms with Crippen LogP contribution in [0.1, 0.15) is 58.3 Å². The highest BCUT2D eigenvalue weighted by Crippen LogP contribution is 2.30. The number of rotatable bonds is 7. The number of piperidine rings is 1. The summed E-state index contributed by atoms with van der Waals surface area (Å²) in [6.07, 6.45) is 6.52. The van der Waals surface area contributed by atoms with E-state index in [0.29, 0.717) is 42.8 Å². The van der Waals surface area contributed by atoms with E-state index in [9.17, 15) is 18.0 Å². The van der Waals surface area contributed by atoms with Crippen LogP contribution in [0.2, 0.25) is 0 Å². The van der Waals surface area contributed by atoms with Gasteiger partial charge in [0.25, 0.3) is 5.91 Å². The van der Waals surface area contributed by atoms with Gasteiger partial charge in [-0.05, 0) is 57.1 Å². The van der Waals surface area contributed by atoms with Crippen LogP contribution >= 0.6 is 11.7 Å². The lowest BCUT2D eigenvalue weighted by atomic mass is 9.89. The summed E-state index contributed by atoms with van der Waals surface area (Å²) < 4.78 is 41.9. The summed E-state index contributed by atoms with van der Waals surface area (Å²) >= 11 is 0.944. The Morgan fingerprint density at radius 2 is 1.91 bits per heavy atom. The summed E-state index contributed by atoms with van der Waals surface area (Å²) in [6, 6.07) is 3.83. The van der Waals surface area contributed by atoms with Gasteiger partial charge in [0.1, 0.15) is 22.0 Å². The minimum absolute atomic E-state index is 0.0340. The molecule has 0 radical (unpaired) electrons. The Bertz CT molecular complexity index is 1100. The third-order valence-electron chi connectivity index (χ3n) is 6.51. The molecule has 2 atom stereocenters. The van der Waals surface area contributed by atoms with Crippen molar-refractivity contribution in [2.24, 2.45) is 5.92 Å². The van der Waals surface area contributed by atoms with Gasteiger partial charge in [-0.3, -0.25) is 9.59 Å². The topological polar surface area (TPSA) is 119 Å². The second kappa shape index (κ2) is 10.4. The van der Waals surface area contributed by atoms with Gasteiger partial charge in [-0.15, -0.1) is 0 Å². The molecule has 2 aliphatic rings. The molecule has 1 aliphatic heterocycles. The second-order valence-corrected chi connectivity index (χ2v) is 11.2. The van der Waals surface area contributed by atoms with Crippen LogP contribution in [-0.4, -0.2) is 58.6 Å². The number of aromatic nitrogens is 2. The number of sulfonamides is 1. The van der Waals surface area contributed by atoms with Crippen LogP contribution in [0, 0.1) is 5.92 Å². The van der Waals surface area contributed by atoms with Crippen LogP contribution in [-0.2, 0) is 24.3 Å². The maximum atomic E-state index is 13.5. The zero-order valence-electron chi connectivity index (χ0n) is 18.7. The molecule has 11 heteroatoms. The van der Waals surface area contributed by atoms with Crippen LogP contribution in [0.25, 0.3) is 11.0 Å². The number of esters is 1. The van der Waals surface area contributed by atoms with Crippen LogP contribution < -0.4 is 5.32 Å². The fourth-order valence-corrected chi connectivity index (χ4v) is 7.03. The van der Waals surface area contributed by atoms with Gasteiger partial charge < -0.3 is 10.1 Å². The first kappa shape index (κ1) is 24.0. The first-order valence-electron chi connectivity index (χ1n) is 11.6. The van der Waals surface area contributed by atoms with Crippen LogP contribution in [0.4, 0.5) is 0 Å². The summed E-state index contributed by atoms with van der Waals surface area (Å²) in [5, 5.41) is 2.88. The quantitative estimate of drug-likeness (QED) is 0.588. The van der Waals surface area contributed by atoms with Gasteiger partial charge in [-0.25, -0.2) is 8.42 Å². The minimum atomic E-state index is -4.00. The molecule has 1 aromatic heterocycles. The van der Waals surface area contributed by atoms with Crippen molar-refractivity contribution in [1.29, 1.82) is 0 Å². The van der Waals surface area contributed by atoms with Gasteiger partial charge in [-0.2, -0.15) is 13.1 Å². The van der Waals surface area contributed by atoms with Crippen molar-refractivity contribution in [2.75, 3.05) is 13.1 Å². The van der Waals surface area contributed by atoms with Crippen LogP contribution in [0.3, 0.4) is 0 Å². The van der Waals surface area contributed by atoms with Gasteiger partial charge in [0.05, 0.1) is 11.7 Å². The fraction of sp³-hybridized carbons (Fsp3) is 0.636. The zero-order valence-corrected chi connectivity index (χ0v) is 20.4. The first-order valence-corrected chi connectivity index (χ1v) is 13.8. The molecule has 9 nitrogen and oxygen atoms in total. The molecular weight excluding hydrogens is 464 g/mol. The van der Waals surface area contributed by atoms with Crippen molar-refractivity contribution in [3.8, 4) is 0 Å². The number of carbonyl (C=O) groups excluding carboxylic acids is 2. The molecule has 0 unspecified atom stereocenters. The van der Waals surface area contributed by atoms with Gasteiger partial charge in [-0.1, -0.05) is 25.3 Å². The monoisotopic (exact) mass is 494 g/mol. The number of nitrogens with zero attached hydrogens (tertiary/aromatic N) is 3. The minimum Gasteiger partial charge on any atom is -0.451 e. The molecule has 2 aromatic rings.